The van der Waals surface area contributed by atoms with Crippen molar-refractivity contribution in [2.24, 2.45) is 5.73 Å². The SMILES string of the molecule is COCCC(C)Oc1ccc2c(c1)[C@@H](N)CCC2. The van der Waals surface area contributed by atoms with Gasteiger partial charge < -0.3 is 15.2 Å². The number of nitrogens with two attached hydrogens (primary N) is 1. The molecular formula is C15H23NO2. The summed E-state index contributed by atoms with van der Waals surface area (Å²) in [5.41, 5.74) is 8.79. The summed E-state index contributed by atoms with van der Waals surface area (Å²) in [5, 5.41) is 0. The van der Waals surface area contributed by atoms with Crippen molar-refractivity contribution in [2.45, 2.75) is 44.8 Å². The van der Waals surface area contributed by atoms with Crippen LogP contribution in [0.25, 0.3) is 0 Å². The molecule has 1 aromatic carbocycles. The largest absolute Gasteiger partial charge is 0.491 e. The maximum absolute atomic E-state index is 6.15. The Morgan fingerprint density at radius 3 is 3.06 bits per heavy atom. The van der Waals surface area contributed by atoms with Crippen LogP contribution in [0.5, 0.6) is 5.75 Å². The van der Waals surface area contributed by atoms with Gasteiger partial charge in [-0.05, 0) is 49.4 Å². The molecule has 100 valence electrons. The van der Waals surface area contributed by atoms with Gasteiger partial charge in [0, 0.05) is 26.2 Å². The molecule has 2 N–H and O–H groups in total. The summed E-state index contributed by atoms with van der Waals surface area (Å²) >= 11 is 0. The maximum Gasteiger partial charge on any atom is 0.120 e. The molecule has 1 unspecified atom stereocenters. The van der Waals surface area contributed by atoms with Gasteiger partial charge in [-0.2, -0.15) is 0 Å². The van der Waals surface area contributed by atoms with Crippen LogP contribution in [-0.2, 0) is 11.2 Å². The summed E-state index contributed by atoms with van der Waals surface area (Å²) in [6.45, 7) is 2.80. The highest BCUT2D eigenvalue weighted by Gasteiger charge is 2.17. The fourth-order valence-electron chi connectivity index (χ4n) is 2.46. The van der Waals surface area contributed by atoms with Crippen LogP contribution in [0.2, 0.25) is 0 Å². The first-order chi connectivity index (χ1) is 8.70. The van der Waals surface area contributed by atoms with Crippen LogP contribution in [0, 0.1) is 0 Å². The Hall–Kier alpha value is -1.06. The van der Waals surface area contributed by atoms with Crippen molar-refractivity contribution in [1.29, 1.82) is 0 Å². The quantitative estimate of drug-likeness (QED) is 0.872. The van der Waals surface area contributed by atoms with Crippen LogP contribution in [0.3, 0.4) is 0 Å². The van der Waals surface area contributed by atoms with Crippen molar-refractivity contribution in [3.8, 4) is 5.75 Å². The maximum atomic E-state index is 6.15. The molecular weight excluding hydrogens is 226 g/mol. The van der Waals surface area contributed by atoms with Gasteiger partial charge in [-0.25, -0.2) is 0 Å². The normalized spacial score (nSPS) is 20.3. The molecule has 3 nitrogen and oxygen atoms in total. The van der Waals surface area contributed by atoms with Crippen molar-refractivity contribution in [3.05, 3.63) is 29.3 Å². The molecule has 0 radical (unpaired) electrons. The Morgan fingerprint density at radius 2 is 2.28 bits per heavy atom. The smallest absolute Gasteiger partial charge is 0.120 e. The van der Waals surface area contributed by atoms with Crippen LogP contribution in [0.15, 0.2) is 18.2 Å². The third-order valence-electron chi connectivity index (χ3n) is 3.54. The van der Waals surface area contributed by atoms with E-state index < -0.39 is 0 Å². The number of fused-ring (bicyclic) bond motifs is 1. The summed E-state index contributed by atoms with van der Waals surface area (Å²) in [6.07, 6.45) is 4.49. The zero-order valence-electron chi connectivity index (χ0n) is 11.3. The van der Waals surface area contributed by atoms with E-state index in [-0.39, 0.29) is 12.1 Å². The standard InChI is InChI=1S/C15H23NO2/c1-11(8-9-17-2)18-13-7-6-12-4-3-5-15(16)14(12)10-13/h6-7,10-11,15H,3-5,8-9,16H2,1-2H3/t11?,15-/m0/s1. The number of hydrogen-bond acceptors (Lipinski definition) is 3. The molecule has 0 aromatic heterocycles. The van der Waals surface area contributed by atoms with E-state index in [0.29, 0.717) is 0 Å². The summed E-state index contributed by atoms with van der Waals surface area (Å²) in [7, 11) is 1.71. The van der Waals surface area contributed by atoms with E-state index in [2.05, 4.69) is 25.1 Å². The fourth-order valence-corrected chi connectivity index (χ4v) is 2.46. The lowest BCUT2D eigenvalue weighted by molar-refractivity contribution is 0.135. The molecule has 0 fully saturated rings. The van der Waals surface area contributed by atoms with Crippen LogP contribution in [0.4, 0.5) is 0 Å². The minimum atomic E-state index is 0.169. The number of hydrogen-bond donors (Lipinski definition) is 1. The van der Waals surface area contributed by atoms with Crippen molar-refractivity contribution < 1.29 is 9.47 Å². The van der Waals surface area contributed by atoms with Crippen LogP contribution < -0.4 is 10.5 Å². The van der Waals surface area contributed by atoms with Crippen LogP contribution in [-0.4, -0.2) is 19.8 Å². The molecule has 18 heavy (non-hydrogen) atoms. The number of ether oxygens (including phenoxy) is 2. The molecule has 1 aliphatic carbocycles. The van der Waals surface area contributed by atoms with E-state index in [4.69, 9.17) is 15.2 Å². The molecule has 0 amide bonds. The van der Waals surface area contributed by atoms with Crippen LogP contribution >= 0.6 is 0 Å². The lowest BCUT2D eigenvalue weighted by Gasteiger charge is -2.23. The Labute approximate surface area is 109 Å². The Bertz CT molecular complexity index is 392. The topological polar surface area (TPSA) is 44.5 Å². The van der Waals surface area contributed by atoms with Gasteiger partial charge in [0.05, 0.1) is 6.10 Å². The lowest BCUT2D eigenvalue weighted by atomic mass is 9.88. The molecule has 0 bridgehead atoms. The third-order valence-corrected chi connectivity index (χ3v) is 3.54. The molecule has 0 heterocycles. The number of methoxy groups -OCH3 is 1. The first-order valence-electron chi connectivity index (χ1n) is 6.74. The van der Waals surface area contributed by atoms with Crippen molar-refractivity contribution in [2.75, 3.05) is 13.7 Å². The third kappa shape index (κ3) is 3.24. The monoisotopic (exact) mass is 249 g/mol. The highest BCUT2D eigenvalue weighted by molar-refractivity contribution is 5.39. The van der Waals surface area contributed by atoms with Gasteiger partial charge in [0.1, 0.15) is 5.75 Å². The second kappa shape index (κ2) is 6.21. The first-order valence-corrected chi connectivity index (χ1v) is 6.74. The summed E-state index contributed by atoms with van der Waals surface area (Å²) < 4.78 is 11.0. The summed E-state index contributed by atoms with van der Waals surface area (Å²) in [5.74, 6) is 0.926. The molecule has 0 spiro atoms. The summed E-state index contributed by atoms with van der Waals surface area (Å²) in [4.78, 5) is 0. The Morgan fingerprint density at radius 1 is 1.44 bits per heavy atom. The van der Waals surface area contributed by atoms with Gasteiger partial charge in [-0.3, -0.25) is 0 Å². The molecule has 2 rings (SSSR count). The minimum Gasteiger partial charge on any atom is -0.491 e. The Balaban J connectivity index is 2.04. The van der Waals surface area contributed by atoms with Crippen LogP contribution in [0.1, 0.15) is 43.4 Å². The van der Waals surface area contributed by atoms with Gasteiger partial charge in [0.15, 0.2) is 0 Å². The fraction of sp³-hybridized carbons (Fsp3) is 0.600. The van der Waals surface area contributed by atoms with E-state index in [1.807, 2.05) is 0 Å². The molecule has 2 atom stereocenters. The van der Waals surface area contributed by atoms with Gasteiger partial charge in [0.25, 0.3) is 0 Å². The number of aryl methyl sites for hydroxylation is 1. The van der Waals surface area contributed by atoms with Crippen molar-refractivity contribution in [1.82, 2.24) is 0 Å². The predicted octanol–water partition coefficient (Wildman–Crippen LogP) is 2.83. The van der Waals surface area contributed by atoms with Gasteiger partial charge in [-0.15, -0.1) is 0 Å². The number of rotatable bonds is 5. The molecule has 0 saturated carbocycles. The molecule has 1 aliphatic rings. The average molecular weight is 249 g/mol. The van der Waals surface area contributed by atoms with E-state index in [1.54, 1.807) is 7.11 Å². The van der Waals surface area contributed by atoms with Crippen molar-refractivity contribution >= 4 is 0 Å². The van der Waals surface area contributed by atoms with Crippen molar-refractivity contribution in [3.63, 3.8) is 0 Å². The first kappa shape index (κ1) is 13.4. The second-order valence-electron chi connectivity index (χ2n) is 5.07. The Kier molecular flexibility index (Phi) is 4.61. The average Bonchev–Trinajstić information content (AvgIpc) is 2.37. The van der Waals surface area contributed by atoms with E-state index in [1.165, 1.54) is 17.5 Å². The highest BCUT2D eigenvalue weighted by atomic mass is 16.5. The lowest BCUT2D eigenvalue weighted by Crippen LogP contribution is -2.18. The zero-order valence-corrected chi connectivity index (χ0v) is 11.3. The second-order valence-corrected chi connectivity index (χ2v) is 5.07. The highest BCUT2D eigenvalue weighted by Crippen LogP contribution is 2.31. The summed E-state index contributed by atoms with van der Waals surface area (Å²) in [6, 6.07) is 6.50. The predicted molar refractivity (Wildman–Crippen MR) is 72.9 cm³/mol. The molecule has 0 saturated heterocycles. The van der Waals surface area contributed by atoms with E-state index >= 15 is 0 Å². The molecule has 1 aromatic rings. The zero-order chi connectivity index (χ0) is 13.0. The molecule has 3 heteroatoms. The van der Waals surface area contributed by atoms with Gasteiger partial charge >= 0.3 is 0 Å². The van der Waals surface area contributed by atoms with E-state index in [9.17, 15) is 0 Å². The molecule has 0 aliphatic heterocycles. The van der Waals surface area contributed by atoms with Gasteiger partial charge in [-0.1, -0.05) is 6.07 Å². The van der Waals surface area contributed by atoms with Gasteiger partial charge in [0.2, 0.25) is 0 Å². The van der Waals surface area contributed by atoms with E-state index in [0.717, 1.165) is 31.6 Å². The minimum absolute atomic E-state index is 0.169. The number of benzene rings is 1.